The van der Waals surface area contributed by atoms with Crippen LogP contribution < -0.4 is 5.32 Å². The Morgan fingerprint density at radius 1 is 1.35 bits per heavy atom. The molecule has 0 aliphatic heterocycles. The van der Waals surface area contributed by atoms with Gasteiger partial charge in [-0.15, -0.1) is 0 Å². The van der Waals surface area contributed by atoms with Gasteiger partial charge in [0.25, 0.3) is 0 Å². The minimum atomic E-state index is -0.982. The van der Waals surface area contributed by atoms with Crippen molar-refractivity contribution >= 4 is 5.91 Å². The van der Waals surface area contributed by atoms with Crippen molar-refractivity contribution in [3.05, 3.63) is 24.3 Å². The predicted molar refractivity (Wildman–Crippen MR) is 94.9 cm³/mol. The first-order valence-corrected chi connectivity index (χ1v) is 9.32. The van der Waals surface area contributed by atoms with Gasteiger partial charge in [0.15, 0.2) is 0 Å². The minimum Gasteiger partial charge on any atom is -0.385 e. The summed E-state index contributed by atoms with van der Waals surface area (Å²) in [4.78, 5) is 12.9. The molecule has 0 spiro atoms. The van der Waals surface area contributed by atoms with Gasteiger partial charge >= 0.3 is 0 Å². The number of hydrogen-bond donors (Lipinski definition) is 2. The van der Waals surface area contributed by atoms with E-state index >= 15 is 0 Å². The third-order valence-corrected chi connectivity index (χ3v) is 5.37. The maximum atomic E-state index is 12.9. The summed E-state index contributed by atoms with van der Waals surface area (Å²) >= 11 is 0. The van der Waals surface area contributed by atoms with Gasteiger partial charge in [-0.25, -0.2) is 0 Å². The number of amides is 1. The monoisotopic (exact) mass is 319 g/mol. The predicted octanol–water partition coefficient (Wildman–Crippen LogP) is 3.84. The van der Waals surface area contributed by atoms with Gasteiger partial charge in [-0.1, -0.05) is 57.9 Å². The molecule has 2 rings (SSSR count). The second-order valence-corrected chi connectivity index (χ2v) is 7.68. The Kier molecular flexibility index (Phi) is 6.46. The number of aliphatic hydroxyl groups is 1. The molecule has 0 fully saturated rings. The van der Waals surface area contributed by atoms with Crippen LogP contribution in [-0.2, 0) is 4.79 Å². The molecule has 0 aromatic heterocycles. The minimum absolute atomic E-state index is 0.0407. The summed E-state index contributed by atoms with van der Waals surface area (Å²) in [6.07, 6.45) is 14.0. The first-order chi connectivity index (χ1) is 11.0. The van der Waals surface area contributed by atoms with Crippen molar-refractivity contribution in [2.45, 2.75) is 64.9 Å². The second-order valence-electron chi connectivity index (χ2n) is 7.68. The number of nitrogens with one attached hydrogen (secondary N) is 1. The van der Waals surface area contributed by atoms with E-state index in [9.17, 15) is 9.90 Å². The van der Waals surface area contributed by atoms with E-state index in [0.717, 1.165) is 32.1 Å². The van der Waals surface area contributed by atoms with Crippen LogP contribution in [0, 0.1) is 23.7 Å². The van der Waals surface area contributed by atoms with Gasteiger partial charge in [0.1, 0.15) is 0 Å². The fourth-order valence-corrected chi connectivity index (χ4v) is 3.94. The lowest BCUT2D eigenvalue weighted by atomic mass is 9.63. The Hall–Kier alpha value is -1.09. The summed E-state index contributed by atoms with van der Waals surface area (Å²) in [7, 11) is 0. The Bertz CT molecular complexity index is 455. The summed E-state index contributed by atoms with van der Waals surface area (Å²) < 4.78 is 0. The van der Waals surface area contributed by atoms with Crippen molar-refractivity contribution in [2.75, 3.05) is 6.54 Å². The van der Waals surface area contributed by atoms with Gasteiger partial charge in [0, 0.05) is 6.54 Å². The van der Waals surface area contributed by atoms with Crippen LogP contribution in [-0.4, -0.2) is 23.2 Å². The molecule has 2 aliphatic rings. The maximum absolute atomic E-state index is 12.9. The molecule has 23 heavy (non-hydrogen) atoms. The number of fused-ring (bicyclic) bond motifs is 1. The van der Waals surface area contributed by atoms with Gasteiger partial charge in [0.05, 0.1) is 11.5 Å². The fourth-order valence-electron chi connectivity index (χ4n) is 3.94. The summed E-state index contributed by atoms with van der Waals surface area (Å²) in [6.45, 7) is 7.15. The summed E-state index contributed by atoms with van der Waals surface area (Å²) in [5, 5.41) is 14.3. The van der Waals surface area contributed by atoms with E-state index in [1.54, 1.807) is 0 Å². The highest BCUT2D eigenvalue weighted by Gasteiger charge is 2.48. The van der Waals surface area contributed by atoms with E-state index in [2.05, 4.69) is 44.3 Å². The van der Waals surface area contributed by atoms with Gasteiger partial charge in [-0.05, 0) is 43.4 Å². The van der Waals surface area contributed by atoms with E-state index in [-0.39, 0.29) is 17.7 Å². The SMILES string of the molecule is CCCCC1(O)C=CC2CC=CCC2C1C(=O)NCCC(C)C. The molecule has 3 nitrogen and oxygen atoms in total. The molecule has 130 valence electrons. The third kappa shape index (κ3) is 4.47. The highest BCUT2D eigenvalue weighted by molar-refractivity contribution is 5.81. The Morgan fingerprint density at radius 3 is 2.78 bits per heavy atom. The molecule has 2 N–H and O–H groups in total. The van der Waals surface area contributed by atoms with E-state index in [1.807, 2.05) is 6.08 Å². The Morgan fingerprint density at radius 2 is 2.09 bits per heavy atom. The van der Waals surface area contributed by atoms with Crippen molar-refractivity contribution in [2.24, 2.45) is 23.7 Å². The van der Waals surface area contributed by atoms with E-state index in [4.69, 9.17) is 0 Å². The fraction of sp³-hybridized carbons (Fsp3) is 0.750. The first-order valence-electron chi connectivity index (χ1n) is 9.32. The maximum Gasteiger partial charge on any atom is 0.226 e. The quantitative estimate of drug-likeness (QED) is 0.701. The Labute approximate surface area is 141 Å². The third-order valence-electron chi connectivity index (χ3n) is 5.37. The van der Waals surface area contributed by atoms with E-state index in [0.29, 0.717) is 24.8 Å². The summed E-state index contributed by atoms with van der Waals surface area (Å²) in [5.74, 6) is 0.916. The zero-order valence-corrected chi connectivity index (χ0v) is 14.9. The van der Waals surface area contributed by atoms with Crippen LogP contribution in [0.25, 0.3) is 0 Å². The highest BCUT2D eigenvalue weighted by atomic mass is 16.3. The van der Waals surface area contributed by atoms with Crippen LogP contribution in [0.4, 0.5) is 0 Å². The lowest BCUT2D eigenvalue weighted by molar-refractivity contribution is -0.138. The molecule has 0 saturated carbocycles. The van der Waals surface area contributed by atoms with E-state index in [1.165, 1.54) is 0 Å². The van der Waals surface area contributed by atoms with Crippen LogP contribution in [0.1, 0.15) is 59.3 Å². The number of carbonyl (C=O) groups is 1. The molecule has 0 saturated heterocycles. The normalized spacial score (nSPS) is 32.8. The zero-order chi connectivity index (χ0) is 16.9. The first kappa shape index (κ1) is 18.3. The smallest absolute Gasteiger partial charge is 0.226 e. The number of rotatable bonds is 7. The van der Waals surface area contributed by atoms with Crippen LogP contribution in [0.5, 0.6) is 0 Å². The van der Waals surface area contributed by atoms with Crippen molar-refractivity contribution in [3.8, 4) is 0 Å². The van der Waals surface area contributed by atoms with Gasteiger partial charge < -0.3 is 10.4 Å². The van der Waals surface area contributed by atoms with Gasteiger partial charge in [-0.3, -0.25) is 4.79 Å². The zero-order valence-electron chi connectivity index (χ0n) is 14.9. The van der Waals surface area contributed by atoms with Crippen molar-refractivity contribution in [3.63, 3.8) is 0 Å². The van der Waals surface area contributed by atoms with Crippen molar-refractivity contribution in [1.82, 2.24) is 5.32 Å². The second kappa shape index (κ2) is 8.14. The molecular formula is C20H33NO2. The van der Waals surface area contributed by atoms with Crippen molar-refractivity contribution in [1.29, 1.82) is 0 Å². The highest BCUT2D eigenvalue weighted by Crippen LogP contribution is 2.44. The molecular weight excluding hydrogens is 286 g/mol. The number of unbranched alkanes of at least 4 members (excludes halogenated alkanes) is 1. The molecule has 0 aromatic carbocycles. The van der Waals surface area contributed by atoms with Crippen molar-refractivity contribution < 1.29 is 9.90 Å². The average molecular weight is 319 g/mol. The lowest BCUT2D eigenvalue weighted by Crippen LogP contribution is -2.53. The standard InChI is InChI=1S/C20H33NO2/c1-4-5-12-20(23)13-10-16-8-6-7-9-17(16)18(20)19(22)21-14-11-15(2)3/h6-7,10,13,15-18,23H,4-5,8-9,11-12,14H2,1-3H3,(H,21,22). The molecule has 2 aliphatic carbocycles. The van der Waals surface area contributed by atoms with Crippen LogP contribution in [0.2, 0.25) is 0 Å². The molecule has 3 heteroatoms. The molecule has 0 radical (unpaired) electrons. The molecule has 0 heterocycles. The molecule has 0 aromatic rings. The number of carbonyl (C=O) groups excluding carboxylic acids is 1. The number of allylic oxidation sites excluding steroid dienone is 3. The topological polar surface area (TPSA) is 49.3 Å². The Balaban J connectivity index is 2.15. The lowest BCUT2D eigenvalue weighted by Gasteiger charge is -2.45. The molecule has 4 unspecified atom stereocenters. The van der Waals surface area contributed by atoms with Crippen LogP contribution in [0.3, 0.4) is 0 Å². The summed E-state index contributed by atoms with van der Waals surface area (Å²) in [5.41, 5.74) is -0.982. The van der Waals surface area contributed by atoms with Gasteiger partial charge in [-0.2, -0.15) is 0 Å². The number of hydrogen-bond acceptors (Lipinski definition) is 2. The molecule has 1 amide bonds. The molecule has 4 atom stereocenters. The largest absolute Gasteiger partial charge is 0.385 e. The van der Waals surface area contributed by atoms with Crippen LogP contribution >= 0.6 is 0 Å². The van der Waals surface area contributed by atoms with E-state index < -0.39 is 5.60 Å². The summed E-state index contributed by atoms with van der Waals surface area (Å²) in [6, 6.07) is 0. The molecule has 0 bridgehead atoms. The van der Waals surface area contributed by atoms with Crippen LogP contribution in [0.15, 0.2) is 24.3 Å². The average Bonchev–Trinajstić information content (AvgIpc) is 2.52. The van der Waals surface area contributed by atoms with Gasteiger partial charge in [0.2, 0.25) is 5.91 Å².